The maximum Gasteiger partial charge on any atom is 0.101 e. The highest BCUT2D eigenvalue weighted by Crippen LogP contribution is 2.19. The number of hydrogen-bond acceptors (Lipinski definition) is 5. The molecule has 1 unspecified atom stereocenters. The highest BCUT2D eigenvalue weighted by Gasteiger charge is 2.10. The van der Waals surface area contributed by atoms with E-state index in [1.54, 1.807) is 25.3 Å². The fourth-order valence-corrected chi connectivity index (χ4v) is 1.55. The van der Waals surface area contributed by atoms with Crippen molar-refractivity contribution in [2.75, 3.05) is 31.4 Å². The second-order valence-corrected chi connectivity index (χ2v) is 3.73. The van der Waals surface area contributed by atoms with Gasteiger partial charge >= 0.3 is 0 Å². The molecule has 17 heavy (non-hydrogen) atoms. The largest absolute Gasteiger partial charge is 0.399 e. The Balaban J connectivity index is 2.81. The summed E-state index contributed by atoms with van der Waals surface area (Å²) < 4.78 is 5.04. The number of nitrogens with zero attached hydrogens (tertiary/aromatic N) is 1. The summed E-state index contributed by atoms with van der Waals surface area (Å²) in [6, 6.07) is 7.16. The summed E-state index contributed by atoms with van der Waals surface area (Å²) in [6.07, 6.45) is 0.559. The van der Waals surface area contributed by atoms with Gasteiger partial charge in [0.15, 0.2) is 0 Å². The molecule has 4 N–H and O–H groups in total. The Morgan fingerprint density at radius 3 is 2.94 bits per heavy atom. The van der Waals surface area contributed by atoms with Crippen molar-refractivity contribution in [2.24, 2.45) is 0 Å². The predicted molar refractivity (Wildman–Crippen MR) is 66.6 cm³/mol. The van der Waals surface area contributed by atoms with Crippen molar-refractivity contribution >= 4 is 11.4 Å². The van der Waals surface area contributed by atoms with Crippen LogP contribution in [-0.4, -0.2) is 31.5 Å². The maximum atomic E-state index is 8.99. The number of anilines is 2. The highest BCUT2D eigenvalue weighted by molar-refractivity contribution is 5.63. The van der Waals surface area contributed by atoms with Crippen LogP contribution in [0.2, 0.25) is 0 Å². The second-order valence-electron chi connectivity index (χ2n) is 3.73. The van der Waals surface area contributed by atoms with Crippen molar-refractivity contribution in [3.05, 3.63) is 23.8 Å². The first-order valence-electron chi connectivity index (χ1n) is 5.37. The lowest BCUT2D eigenvalue weighted by Crippen LogP contribution is -2.26. The molecule has 0 spiro atoms. The van der Waals surface area contributed by atoms with Crippen LogP contribution in [0.5, 0.6) is 0 Å². The molecule has 92 valence electrons. The normalized spacial score (nSPS) is 11.8. The minimum absolute atomic E-state index is 0.0271. The smallest absolute Gasteiger partial charge is 0.101 e. The molecular weight excluding hydrogens is 218 g/mol. The molecule has 0 heterocycles. The van der Waals surface area contributed by atoms with Crippen LogP contribution in [0.4, 0.5) is 11.4 Å². The van der Waals surface area contributed by atoms with E-state index >= 15 is 0 Å². The van der Waals surface area contributed by atoms with Gasteiger partial charge in [-0.2, -0.15) is 5.26 Å². The number of ether oxygens (including phenoxy) is 1. The number of benzene rings is 1. The molecule has 1 atom stereocenters. The number of nitrogens with one attached hydrogen (secondary N) is 1. The van der Waals surface area contributed by atoms with Gasteiger partial charge in [-0.05, 0) is 24.6 Å². The lowest BCUT2D eigenvalue weighted by Gasteiger charge is -2.19. The third-order valence-corrected chi connectivity index (χ3v) is 2.37. The standard InChI is InChI=1S/C12H17N3O2/c1-17-8-11(4-5-16)15-12-3-2-10(14)6-9(12)7-13/h2-3,6,11,15-16H,4-5,8,14H2,1H3. The Morgan fingerprint density at radius 2 is 2.35 bits per heavy atom. The van der Waals surface area contributed by atoms with Crippen molar-refractivity contribution < 1.29 is 9.84 Å². The van der Waals surface area contributed by atoms with Crippen LogP contribution >= 0.6 is 0 Å². The summed E-state index contributed by atoms with van der Waals surface area (Å²) in [4.78, 5) is 0. The number of nitrogen functional groups attached to an aromatic ring is 1. The van der Waals surface area contributed by atoms with Gasteiger partial charge in [0.05, 0.1) is 23.9 Å². The van der Waals surface area contributed by atoms with Gasteiger partial charge in [0.2, 0.25) is 0 Å². The van der Waals surface area contributed by atoms with E-state index in [4.69, 9.17) is 20.8 Å². The van der Waals surface area contributed by atoms with Gasteiger partial charge in [-0.1, -0.05) is 0 Å². The first-order chi connectivity index (χ1) is 8.21. The monoisotopic (exact) mass is 235 g/mol. The molecule has 1 rings (SSSR count). The maximum absolute atomic E-state index is 8.99. The van der Waals surface area contributed by atoms with Crippen LogP contribution in [0.25, 0.3) is 0 Å². The van der Waals surface area contributed by atoms with Crippen LogP contribution in [0.3, 0.4) is 0 Å². The van der Waals surface area contributed by atoms with Gasteiger partial charge in [0.1, 0.15) is 6.07 Å². The number of aliphatic hydroxyl groups excluding tert-OH is 1. The first kappa shape index (κ1) is 13.3. The SMILES string of the molecule is COCC(CCO)Nc1ccc(N)cc1C#N. The molecule has 0 radical (unpaired) electrons. The Labute approximate surface area is 101 Å². The van der Waals surface area contributed by atoms with Gasteiger partial charge in [-0.3, -0.25) is 0 Å². The zero-order chi connectivity index (χ0) is 12.7. The van der Waals surface area contributed by atoms with Crippen molar-refractivity contribution in [2.45, 2.75) is 12.5 Å². The Bertz CT molecular complexity index is 395. The Hall–Kier alpha value is -1.77. The third-order valence-electron chi connectivity index (χ3n) is 2.37. The topological polar surface area (TPSA) is 91.3 Å². The van der Waals surface area contributed by atoms with Crippen LogP contribution in [0.15, 0.2) is 18.2 Å². The Kier molecular flexibility index (Phi) is 5.27. The third kappa shape index (κ3) is 3.94. The molecule has 0 amide bonds. The van der Waals surface area contributed by atoms with Crippen molar-refractivity contribution in [1.29, 1.82) is 5.26 Å². The molecule has 0 fully saturated rings. The summed E-state index contributed by atoms with van der Waals surface area (Å²) in [7, 11) is 1.60. The molecule has 0 aromatic heterocycles. The first-order valence-corrected chi connectivity index (χ1v) is 5.37. The quantitative estimate of drug-likeness (QED) is 0.638. The molecule has 0 aliphatic rings. The summed E-state index contributed by atoms with van der Waals surface area (Å²) in [6.45, 7) is 0.535. The van der Waals surface area contributed by atoms with E-state index in [0.717, 1.165) is 0 Å². The average Bonchev–Trinajstić information content (AvgIpc) is 2.32. The highest BCUT2D eigenvalue weighted by atomic mass is 16.5. The van der Waals surface area contributed by atoms with Gasteiger partial charge in [-0.15, -0.1) is 0 Å². The summed E-state index contributed by atoms with van der Waals surface area (Å²) in [5, 5.41) is 21.1. The van der Waals surface area contributed by atoms with E-state index in [0.29, 0.717) is 30.0 Å². The lowest BCUT2D eigenvalue weighted by atomic mass is 10.1. The second kappa shape index (κ2) is 6.74. The summed E-state index contributed by atoms with van der Waals surface area (Å²) >= 11 is 0. The number of rotatable bonds is 6. The molecule has 1 aromatic carbocycles. The molecule has 0 saturated heterocycles. The van der Waals surface area contributed by atoms with E-state index in [-0.39, 0.29) is 12.6 Å². The van der Waals surface area contributed by atoms with Gasteiger partial charge in [0.25, 0.3) is 0 Å². The number of aliphatic hydroxyl groups is 1. The number of hydrogen-bond donors (Lipinski definition) is 3. The molecule has 5 heteroatoms. The molecule has 0 aliphatic heterocycles. The van der Waals surface area contributed by atoms with Crippen molar-refractivity contribution in [1.82, 2.24) is 0 Å². The van der Waals surface area contributed by atoms with Crippen molar-refractivity contribution in [3.8, 4) is 6.07 Å². The van der Waals surface area contributed by atoms with E-state index in [1.165, 1.54) is 0 Å². The van der Waals surface area contributed by atoms with E-state index in [2.05, 4.69) is 11.4 Å². The Morgan fingerprint density at radius 1 is 1.59 bits per heavy atom. The minimum Gasteiger partial charge on any atom is -0.399 e. The minimum atomic E-state index is -0.0271. The van der Waals surface area contributed by atoms with Gasteiger partial charge in [0, 0.05) is 19.4 Å². The van der Waals surface area contributed by atoms with E-state index in [9.17, 15) is 0 Å². The zero-order valence-electron chi connectivity index (χ0n) is 9.81. The van der Waals surface area contributed by atoms with Crippen molar-refractivity contribution in [3.63, 3.8) is 0 Å². The molecule has 0 aliphatic carbocycles. The van der Waals surface area contributed by atoms with Crippen LogP contribution < -0.4 is 11.1 Å². The van der Waals surface area contributed by atoms with Crippen LogP contribution in [0.1, 0.15) is 12.0 Å². The van der Waals surface area contributed by atoms with E-state index < -0.39 is 0 Å². The molecule has 0 bridgehead atoms. The van der Waals surface area contributed by atoms with E-state index in [1.807, 2.05) is 0 Å². The fraction of sp³-hybridized carbons (Fsp3) is 0.417. The van der Waals surface area contributed by atoms with Gasteiger partial charge in [-0.25, -0.2) is 0 Å². The lowest BCUT2D eigenvalue weighted by molar-refractivity contribution is 0.170. The molecule has 0 saturated carbocycles. The zero-order valence-corrected chi connectivity index (χ0v) is 9.81. The number of methoxy groups -OCH3 is 1. The molecule has 5 nitrogen and oxygen atoms in total. The molecular formula is C12H17N3O2. The van der Waals surface area contributed by atoms with Crippen LogP contribution in [-0.2, 0) is 4.74 Å². The summed E-state index contributed by atoms with van der Waals surface area (Å²) in [5.41, 5.74) is 7.36. The predicted octanol–water partition coefficient (Wildman–Crippen LogP) is 0.950. The average molecular weight is 235 g/mol. The van der Waals surface area contributed by atoms with Crippen LogP contribution in [0, 0.1) is 11.3 Å². The summed E-state index contributed by atoms with van der Waals surface area (Å²) in [5.74, 6) is 0. The number of nitrogens with two attached hydrogens (primary N) is 1. The molecule has 1 aromatic rings. The number of nitriles is 1. The van der Waals surface area contributed by atoms with Gasteiger partial charge < -0.3 is 20.9 Å². The fourth-order valence-electron chi connectivity index (χ4n) is 1.55.